The van der Waals surface area contributed by atoms with E-state index in [9.17, 15) is 0 Å². The molecule has 0 N–H and O–H groups in total. The van der Waals surface area contributed by atoms with E-state index >= 15 is 0 Å². The van der Waals surface area contributed by atoms with E-state index < -0.39 is 0 Å². The maximum atomic E-state index is 8.61. The van der Waals surface area contributed by atoms with E-state index in [1.54, 1.807) is 6.07 Å². The molecule has 0 aliphatic carbocycles. The van der Waals surface area contributed by atoms with Crippen molar-refractivity contribution in [2.75, 3.05) is 0 Å². The van der Waals surface area contributed by atoms with Gasteiger partial charge in [0, 0.05) is 0 Å². The molecule has 0 saturated carbocycles. The van der Waals surface area contributed by atoms with Gasteiger partial charge in [-0.25, -0.2) is 0 Å². The Morgan fingerprint density at radius 1 is 1.38 bits per heavy atom. The van der Waals surface area contributed by atoms with Gasteiger partial charge >= 0.3 is 0 Å². The topological polar surface area (TPSA) is 49.6 Å². The zero-order chi connectivity index (χ0) is 9.26. The van der Waals surface area contributed by atoms with Crippen molar-refractivity contribution < 1.29 is 0 Å². The Hall–Kier alpha value is -0.960. The lowest BCUT2D eigenvalue weighted by Crippen LogP contribution is -1.69. The molecule has 0 spiro atoms. The number of halogens is 1. The summed E-state index contributed by atoms with van der Waals surface area (Å²) in [4.78, 5) is 1.54. The summed E-state index contributed by atoms with van der Waals surface area (Å²) < 4.78 is 7.88. The van der Waals surface area contributed by atoms with Crippen LogP contribution in [0.15, 0.2) is 12.1 Å². The molecule has 2 heterocycles. The number of hydrogen-bond donors (Lipinski definition) is 0. The highest BCUT2D eigenvalue weighted by atomic mass is 35.5. The Kier molecular flexibility index (Phi) is 2.27. The van der Waals surface area contributed by atoms with Crippen molar-refractivity contribution in [3.05, 3.63) is 22.2 Å². The Morgan fingerprint density at radius 2 is 2.23 bits per heavy atom. The number of rotatable bonds is 1. The minimum atomic E-state index is 0.399. The molecule has 0 atom stereocenters. The largest absolute Gasteiger partial charge is 0.192 e. The molecule has 2 aromatic heterocycles. The van der Waals surface area contributed by atoms with Crippen molar-refractivity contribution in [2.45, 2.75) is 0 Å². The van der Waals surface area contributed by atoms with Crippen LogP contribution in [-0.4, -0.2) is 8.75 Å². The van der Waals surface area contributed by atoms with E-state index in [-0.39, 0.29) is 0 Å². The first-order chi connectivity index (χ1) is 6.31. The molecule has 0 aliphatic rings. The van der Waals surface area contributed by atoms with Crippen LogP contribution in [0, 0.1) is 11.3 Å². The lowest BCUT2D eigenvalue weighted by Gasteiger charge is -1.86. The van der Waals surface area contributed by atoms with Crippen molar-refractivity contribution in [3.63, 3.8) is 0 Å². The first-order valence-corrected chi connectivity index (χ1v) is 5.22. The SMILES string of the molecule is N#Cc1ccc(-c2nsnc2Cl)s1. The van der Waals surface area contributed by atoms with Crippen LogP contribution < -0.4 is 0 Å². The molecule has 0 aromatic carbocycles. The van der Waals surface area contributed by atoms with Gasteiger partial charge in [0.15, 0.2) is 5.15 Å². The normalized spacial score (nSPS) is 9.85. The maximum Gasteiger partial charge on any atom is 0.171 e. The highest BCUT2D eigenvalue weighted by molar-refractivity contribution is 7.16. The summed E-state index contributed by atoms with van der Waals surface area (Å²) in [7, 11) is 0. The van der Waals surface area contributed by atoms with E-state index in [4.69, 9.17) is 16.9 Å². The summed E-state index contributed by atoms with van der Waals surface area (Å²) in [6.07, 6.45) is 0. The van der Waals surface area contributed by atoms with Crippen molar-refractivity contribution in [1.29, 1.82) is 5.26 Å². The molecule has 3 nitrogen and oxygen atoms in total. The number of nitrogens with zero attached hydrogens (tertiary/aromatic N) is 3. The Balaban J connectivity index is 2.48. The number of hydrogen-bond acceptors (Lipinski definition) is 5. The van der Waals surface area contributed by atoms with Crippen LogP contribution >= 0.6 is 34.7 Å². The minimum Gasteiger partial charge on any atom is -0.192 e. The summed E-state index contributed by atoms with van der Waals surface area (Å²) in [6.45, 7) is 0. The zero-order valence-electron chi connectivity index (χ0n) is 6.19. The van der Waals surface area contributed by atoms with Crippen molar-refractivity contribution >= 4 is 34.7 Å². The monoisotopic (exact) mass is 227 g/mol. The molecular formula is C7H2ClN3S2. The Bertz CT molecular complexity index is 468. The molecule has 6 heteroatoms. The Labute approximate surface area is 87.6 Å². The summed E-state index contributed by atoms with van der Waals surface area (Å²) in [5, 5.41) is 9.01. The van der Waals surface area contributed by atoms with E-state index in [1.165, 1.54) is 11.3 Å². The molecule has 0 radical (unpaired) electrons. The van der Waals surface area contributed by atoms with Crippen molar-refractivity contribution in [3.8, 4) is 16.6 Å². The molecule has 2 rings (SSSR count). The standard InChI is InChI=1S/C7H2ClN3S2/c8-7-6(10-13-11-7)5-2-1-4(3-9)12-5/h1-2H. The molecule has 0 amide bonds. The third-order valence-electron chi connectivity index (χ3n) is 1.40. The molecule has 2 aromatic rings. The van der Waals surface area contributed by atoms with E-state index in [0.717, 1.165) is 16.6 Å². The molecule has 0 aliphatic heterocycles. The predicted octanol–water partition coefficient (Wildman–Crippen LogP) is 2.79. The summed E-state index contributed by atoms with van der Waals surface area (Å²) in [5.41, 5.74) is 0.665. The van der Waals surface area contributed by atoms with Crippen molar-refractivity contribution in [1.82, 2.24) is 8.75 Å². The van der Waals surface area contributed by atoms with E-state index in [1.807, 2.05) is 6.07 Å². The van der Waals surface area contributed by atoms with E-state index in [0.29, 0.717) is 15.7 Å². The quantitative estimate of drug-likeness (QED) is 0.753. The molecular weight excluding hydrogens is 226 g/mol. The smallest absolute Gasteiger partial charge is 0.171 e. The summed E-state index contributed by atoms with van der Waals surface area (Å²) in [5.74, 6) is 0. The average molecular weight is 228 g/mol. The highest BCUT2D eigenvalue weighted by Crippen LogP contribution is 2.31. The molecule has 13 heavy (non-hydrogen) atoms. The van der Waals surface area contributed by atoms with Gasteiger partial charge in [-0.2, -0.15) is 14.0 Å². The molecule has 64 valence electrons. The van der Waals surface area contributed by atoms with Gasteiger partial charge in [0.25, 0.3) is 0 Å². The van der Waals surface area contributed by atoms with E-state index in [2.05, 4.69) is 14.8 Å². The second-order valence-electron chi connectivity index (χ2n) is 2.18. The van der Waals surface area contributed by atoms with Gasteiger partial charge in [0.1, 0.15) is 16.6 Å². The fraction of sp³-hybridized carbons (Fsp3) is 0. The highest BCUT2D eigenvalue weighted by Gasteiger charge is 2.10. The number of aromatic nitrogens is 2. The summed E-state index contributed by atoms with van der Waals surface area (Å²) in [6, 6.07) is 5.63. The second-order valence-corrected chi connectivity index (χ2v) is 4.15. The molecule has 0 bridgehead atoms. The van der Waals surface area contributed by atoms with Crippen LogP contribution in [0.4, 0.5) is 0 Å². The van der Waals surface area contributed by atoms with Gasteiger partial charge in [-0.05, 0) is 12.1 Å². The van der Waals surface area contributed by atoms with Crippen LogP contribution in [0.2, 0.25) is 5.15 Å². The van der Waals surface area contributed by atoms with Crippen LogP contribution in [0.25, 0.3) is 10.6 Å². The third kappa shape index (κ3) is 1.56. The third-order valence-corrected chi connectivity index (χ3v) is 3.29. The molecule has 0 fully saturated rings. The first kappa shape index (κ1) is 8.63. The summed E-state index contributed by atoms with van der Waals surface area (Å²) >= 11 is 8.22. The first-order valence-electron chi connectivity index (χ1n) is 3.29. The van der Waals surface area contributed by atoms with Gasteiger partial charge in [-0.15, -0.1) is 11.3 Å². The van der Waals surface area contributed by atoms with Gasteiger partial charge in [-0.3, -0.25) is 0 Å². The van der Waals surface area contributed by atoms with Gasteiger partial charge in [-0.1, -0.05) is 11.6 Å². The molecule has 0 saturated heterocycles. The predicted molar refractivity (Wildman–Crippen MR) is 52.9 cm³/mol. The van der Waals surface area contributed by atoms with Gasteiger partial charge in [0.2, 0.25) is 0 Å². The van der Waals surface area contributed by atoms with Crippen molar-refractivity contribution in [2.24, 2.45) is 0 Å². The maximum absolute atomic E-state index is 8.61. The fourth-order valence-corrected chi connectivity index (χ4v) is 2.51. The second kappa shape index (κ2) is 3.42. The van der Waals surface area contributed by atoms with Crippen LogP contribution in [0.1, 0.15) is 4.88 Å². The number of thiophene rings is 1. The average Bonchev–Trinajstić information content (AvgIpc) is 2.71. The van der Waals surface area contributed by atoms with Gasteiger partial charge in [0.05, 0.1) is 16.6 Å². The number of nitriles is 1. The lowest BCUT2D eigenvalue weighted by molar-refractivity contribution is 1.52. The van der Waals surface area contributed by atoms with Gasteiger partial charge < -0.3 is 0 Å². The van der Waals surface area contributed by atoms with Crippen LogP contribution in [-0.2, 0) is 0 Å². The lowest BCUT2D eigenvalue weighted by atomic mass is 10.4. The Morgan fingerprint density at radius 3 is 2.77 bits per heavy atom. The van der Waals surface area contributed by atoms with Crippen LogP contribution in [0.5, 0.6) is 0 Å². The van der Waals surface area contributed by atoms with Crippen LogP contribution in [0.3, 0.4) is 0 Å². The molecule has 0 unspecified atom stereocenters. The minimum absolute atomic E-state index is 0.399. The fourth-order valence-electron chi connectivity index (χ4n) is 0.850. The zero-order valence-corrected chi connectivity index (χ0v) is 8.58.